The number of hydrogen-bond acceptors (Lipinski definition) is 10. The molecule has 302 valence electrons. The topological polar surface area (TPSA) is 194 Å². The van der Waals surface area contributed by atoms with Crippen LogP contribution in [0, 0.1) is 23.2 Å². The highest BCUT2D eigenvalue weighted by molar-refractivity contribution is 5.92. The van der Waals surface area contributed by atoms with Crippen LogP contribution in [0.1, 0.15) is 81.9 Å². The number of carbonyl (C=O) groups is 3. The Labute approximate surface area is 325 Å². The summed E-state index contributed by atoms with van der Waals surface area (Å²) in [5.41, 5.74) is 10.8. The molecule has 55 heavy (non-hydrogen) atoms. The molecule has 0 aromatic heterocycles. The van der Waals surface area contributed by atoms with Gasteiger partial charge in [0.2, 0.25) is 5.91 Å². The van der Waals surface area contributed by atoms with Crippen molar-refractivity contribution in [2.24, 2.45) is 34.1 Å². The van der Waals surface area contributed by atoms with E-state index in [1.165, 1.54) is 11.1 Å². The molecule has 0 unspecified atom stereocenters. The minimum atomic E-state index is -1.46. The van der Waals surface area contributed by atoms with Crippen molar-refractivity contribution in [3.8, 4) is 5.75 Å². The first kappa shape index (κ1) is 42.1. The second kappa shape index (κ2) is 20.2. The second-order valence-corrected chi connectivity index (χ2v) is 16.0. The molecule has 7 atom stereocenters. The van der Waals surface area contributed by atoms with Crippen molar-refractivity contribution >= 4 is 23.4 Å². The lowest BCUT2D eigenvalue weighted by Crippen LogP contribution is -2.54. The molecule has 3 amide bonds. The van der Waals surface area contributed by atoms with Crippen molar-refractivity contribution in [3.63, 3.8) is 0 Å². The van der Waals surface area contributed by atoms with Gasteiger partial charge in [0.1, 0.15) is 17.9 Å². The number of benzene rings is 2. The fourth-order valence-corrected chi connectivity index (χ4v) is 8.83. The van der Waals surface area contributed by atoms with E-state index in [-0.39, 0.29) is 42.9 Å². The molecule has 0 saturated heterocycles. The summed E-state index contributed by atoms with van der Waals surface area (Å²) in [6.45, 7) is 7.80. The summed E-state index contributed by atoms with van der Waals surface area (Å²) in [4.78, 5) is 43.6. The monoisotopic (exact) mass is 763 g/mol. The number of phenols is 1. The van der Waals surface area contributed by atoms with Crippen molar-refractivity contribution in [1.29, 1.82) is 0 Å². The van der Waals surface area contributed by atoms with Crippen LogP contribution in [-0.4, -0.2) is 98.0 Å². The number of amides is 3. The van der Waals surface area contributed by atoms with Crippen LogP contribution in [0.4, 0.5) is 0 Å². The molecule has 13 heteroatoms. The molecule has 7 N–H and O–H groups in total. The predicted octanol–water partition coefficient (Wildman–Crippen LogP) is 3.35. The zero-order valence-corrected chi connectivity index (χ0v) is 32.6. The van der Waals surface area contributed by atoms with E-state index in [0.717, 1.165) is 49.8 Å². The summed E-state index contributed by atoms with van der Waals surface area (Å²) in [5, 5.41) is 33.2. The number of oxime groups is 1. The van der Waals surface area contributed by atoms with Gasteiger partial charge < -0.3 is 46.2 Å². The first-order valence-electron chi connectivity index (χ1n) is 19.9. The lowest BCUT2D eigenvalue weighted by Gasteiger charge is -2.49. The summed E-state index contributed by atoms with van der Waals surface area (Å²) >= 11 is 0. The Hall–Kier alpha value is -4.04. The highest BCUT2D eigenvalue weighted by Gasteiger charge is 2.53. The molecule has 3 aliphatic carbocycles. The van der Waals surface area contributed by atoms with Crippen molar-refractivity contribution < 1.29 is 38.9 Å². The van der Waals surface area contributed by atoms with Gasteiger partial charge in [0.25, 0.3) is 11.8 Å². The Morgan fingerprint density at radius 2 is 1.67 bits per heavy atom. The van der Waals surface area contributed by atoms with Crippen LogP contribution in [0.5, 0.6) is 5.75 Å². The molecule has 0 spiro atoms. The Balaban J connectivity index is 0.905. The van der Waals surface area contributed by atoms with E-state index in [9.17, 15) is 24.6 Å². The summed E-state index contributed by atoms with van der Waals surface area (Å²) < 4.78 is 11.1. The lowest BCUT2D eigenvalue weighted by molar-refractivity contribution is -0.135. The molecule has 2 fully saturated rings. The Bertz CT molecular complexity index is 1610. The molecule has 2 aromatic carbocycles. The standard InChI is InChI=1S/C42H61N5O8/c1-27(2)23-36(46-41(52)39(50)35(43)24-28-7-5-4-6-8-28)40(51)45-18-20-54-22-21-53-19-17-44-38(49)26-55-47-37-14-13-34-33-11-9-29-25-30(48)10-12-31(29)32(33)15-16-42(34,37)3/h4-8,10,12,25,27,32-36,39,48,50H,9,11,13-24,26,43H2,1-3H3,(H,44,49)(H,45,51)(H,46,52)/b47-37+/t32-,33-,34+,35-,36+,39+,42+/m1/s1. The van der Waals surface area contributed by atoms with Crippen LogP contribution in [0.25, 0.3) is 0 Å². The number of aromatic hydroxyl groups is 1. The largest absolute Gasteiger partial charge is 0.508 e. The third-order valence-electron chi connectivity index (χ3n) is 11.6. The molecular formula is C42H61N5O8. The van der Waals surface area contributed by atoms with Gasteiger partial charge in [0.15, 0.2) is 6.61 Å². The smallest absolute Gasteiger partial charge is 0.260 e. The Kier molecular flexibility index (Phi) is 15.5. The van der Waals surface area contributed by atoms with Gasteiger partial charge in [-0.3, -0.25) is 14.4 Å². The van der Waals surface area contributed by atoms with E-state index in [4.69, 9.17) is 20.0 Å². The Morgan fingerprint density at radius 3 is 2.40 bits per heavy atom. The molecule has 13 nitrogen and oxygen atoms in total. The quantitative estimate of drug-likeness (QED) is 0.0867. The van der Waals surface area contributed by atoms with E-state index in [0.29, 0.717) is 62.7 Å². The van der Waals surface area contributed by atoms with Gasteiger partial charge in [0.05, 0.1) is 32.1 Å². The first-order valence-corrected chi connectivity index (χ1v) is 19.9. The van der Waals surface area contributed by atoms with Gasteiger partial charge in [0, 0.05) is 24.5 Å². The molecule has 5 rings (SSSR count). The number of nitrogens with one attached hydrogen (secondary N) is 3. The van der Waals surface area contributed by atoms with E-state index < -0.39 is 24.1 Å². The zero-order valence-electron chi connectivity index (χ0n) is 32.6. The maximum Gasteiger partial charge on any atom is 0.260 e. The van der Waals surface area contributed by atoms with Crippen molar-refractivity contribution in [2.75, 3.05) is 46.1 Å². The maximum absolute atomic E-state index is 12.9. The van der Waals surface area contributed by atoms with Gasteiger partial charge in [-0.05, 0) is 104 Å². The third-order valence-corrected chi connectivity index (χ3v) is 11.6. The van der Waals surface area contributed by atoms with E-state index >= 15 is 0 Å². The molecule has 2 aromatic rings. The highest BCUT2D eigenvalue weighted by atomic mass is 16.6. The molecule has 2 saturated carbocycles. The lowest BCUT2D eigenvalue weighted by atomic mass is 9.55. The van der Waals surface area contributed by atoms with Crippen LogP contribution in [0.3, 0.4) is 0 Å². The summed E-state index contributed by atoms with van der Waals surface area (Å²) in [5.74, 6) is 0.849. The average molecular weight is 764 g/mol. The number of aliphatic hydroxyl groups is 1. The first-order chi connectivity index (χ1) is 26.5. The van der Waals surface area contributed by atoms with Crippen LogP contribution in [-0.2, 0) is 41.5 Å². The molecular weight excluding hydrogens is 702 g/mol. The zero-order chi connectivity index (χ0) is 39.4. The SMILES string of the molecule is CC(C)C[C@H](NC(=O)[C@@H](O)[C@H](N)Cc1ccccc1)C(=O)NCCOCCOCCNC(=O)CO/N=C1\CC[C@H]2[C@@H]3CCc4cc(O)ccc4[C@H]3CC[C@]12C. The molecule has 3 aliphatic rings. The van der Waals surface area contributed by atoms with E-state index in [1.807, 2.05) is 56.3 Å². The number of nitrogens with two attached hydrogens (primary N) is 1. The molecule has 0 bridgehead atoms. The number of nitrogens with zero attached hydrogens (tertiary/aromatic N) is 1. The van der Waals surface area contributed by atoms with Crippen molar-refractivity contribution in [3.05, 3.63) is 65.2 Å². The van der Waals surface area contributed by atoms with Gasteiger partial charge in [-0.1, -0.05) is 62.3 Å². The van der Waals surface area contributed by atoms with Crippen LogP contribution in [0.2, 0.25) is 0 Å². The predicted molar refractivity (Wildman–Crippen MR) is 209 cm³/mol. The number of carbonyl (C=O) groups excluding carboxylic acids is 3. The minimum Gasteiger partial charge on any atom is -0.508 e. The van der Waals surface area contributed by atoms with Gasteiger partial charge in [-0.25, -0.2) is 0 Å². The van der Waals surface area contributed by atoms with Crippen LogP contribution < -0.4 is 21.7 Å². The number of aliphatic hydroxyl groups excluding tert-OH is 1. The van der Waals surface area contributed by atoms with Gasteiger partial charge >= 0.3 is 0 Å². The maximum atomic E-state index is 12.9. The minimum absolute atomic E-state index is 0.0102. The molecule has 0 aliphatic heterocycles. The number of phenolic OH excluding ortho intramolecular Hbond substituents is 1. The number of hydrogen-bond donors (Lipinski definition) is 6. The normalized spacial score (nSPS) is 23.9. The van der Waals surface area contributed by atoms with Gasteiger partial charge in [-0.2, -0.15) is 0 Å². The van der Waals surface area contributed by atoms with Crippen LogP contribution in [0.15, 0.2) is 53.7 Å². The number of fused-ring (bicyclic) bond motifs is 5. The summed E-state index contributed by atoms with van der Waals surface area (Å²) in [7, 11) is 0. The fourth-order valence-electron chi connectivity index (χ4n) is 8.83. The number of rotatable bonds is 20. The van der Waals surface area contributed by atoms with Crippen LogP contribution >= 0.6 is 0 Å². The summed E-state index contributed by atoms with van der Waals surface area (Å²) in [6, 6.07) is 13.6. The molecule has 0 heterocycles. The second-order valence-electron chi connectivity index (χ2n) is 16.0. The van der Waals surface area contributed by atoms with E-state index in [2.05, 4.69) is 34.1 Å². The summed E-state index contributed by atoms with van der Waals surface area (Å²) in [6.07, 6.45) is 5.51. The van der Waals surface area contributed by atoms with E-state index in [1.54, 1.807) is 0 Å². The van der Waals surface area contributed by atoms with Crippen molar-refractivity contribution in [2.45, 2.75) is 96.2 Å². The number of aryl methyl sites for hydroxylation is 1. The third kappa shape index (κ3) is 11.5. The molecule has 0 radical (unpaired) electrons. The highest BCUT2D eigenvalue weighted by Crippen LogP contribution is 2.60. The van der Waals surface area contributed by atoms with Crippen molar-refractivity contribution in [1.82, 2.24) is 16.0 Å². The Morgan fingerprint density at radius 1 is 0.945 bits per heavy atom. The fraction of sp³-hybridized carbons (Fsp3) is 0.619. The average Bonchev–Trinajstić information content (AvgIpc) is 3.50. The van der Waals surface area contributed by atoms with Gasteiger partial charge in [-0.15, -0.1) is 0 Å². The number of ether oxygens (including phenoxy) is 2.